The summed E-state index contributed by atoms with van der Waals surface area (Å²) >= 11 is 0. The molecule has 0 aromatic heterocycles. The van der Waals surface area contributed by atoms with E-state index in [0.29, 0.717) is 50.3 Å². The third kappa shape index (κ3) is 10.3. The van der Waals surface area contributed by atoms with E-state index in [1.165, 1.54) is 0 Å². The fraction of sp³-hybridized carbons (Fsp3) is 0.796. The van der Waals surface area contributed by atoms with E-state index in [-0.39, 0.29) is 78.5 Å². The first kappa shape index (κ1) is 48.3. The van der Waals surface area contributed by atoms with Crippen LogP contribution < -0.4 is 10.1 Å². The van der Waals surface area contributed by atoms with Gasteiger partial charge in [-0.15, -0.1) is 0 Å². The Balaban J connectivity index is 1.21. The first-order valence-corrected chi connectivity index (χ1v) is 23.8. The monoisotopic (exact) mass is 885 g/mol. The fourth-order valence-electron chi connectivity index (χ4n) is 12.2. The number of ether oxygens (including phenoxy) is 9. The first-order chi connectivity index (χ1) is 30.3. The molecule has 7 rings (SSSR count). The molecule has 19 atom stereocenters. The minimum Gasteiger partial charge on any atom is -0.494 e. The molecule has 14 heteroatoms. The summed E-state index contributed by atoms with van der Waals surface area (Å²) in [5.74, 6) is -1.19. The van der Waals surface area contributed by atoms with Crippen LogP contribution >= 0.6 is 0 Å². The van der Waals surface area contributed by atoms with Crippen molar-refractivity contribution in [2.75, 3.05) is 47.3 Å². The largest absolute Gasteiger partial charge is 0.494 e. The van der Waals surface area contributed by atoms with Gasteiger partial charge in [-0.1, -0.05) is 19.9 Å². The second kappa shape index (κ2) is 21.3. The van der Waals surface area contributed by atoms with Crippen LogP contribution in [0.5, 0.6) is 5.75 Å². The lowest BCUT2D eigenvalue weighted by Crippen LogP contribution is -2.59. The molecule has 0 amide bonds. The van der Waals surface area contributed by atoms with E-state index in [9.17, 15) is 9.90 Å². The van der Waals surface area contributed by atoms with Gasteiger partial charge >= 0.3 is 5.97 Å². The summed E-state index contributed by atoms with van der Waals surface area (Å²) in [6, 6.07) is 7.55. The second-order valence-corrected chi connectivity index (χ2v) is 19.2. The number of benzene rings is 1. The van der Waals surface area contributed by atoms with Crippen molar-refractivity contribution >= 4 is 17.4 Å². The molecule has 3 aliphatic heterocycles. The van der Waals surface area contributed by atoms with Gasteiger partial charge in [0.1, 0.15) is 30.2 Å². The van der Waals surface area contributed by atoms with Gasteiger partial charge in [0, 0.05) is 44.9 Å². The molecule has 3 aliphatic carbocycles. The highest BCUT2D eigenvalue weighted by Crippen LogP contribution is 2.57. The first-order valence-electron chi connectivity index (χ1n) is 23.8. The van der Waals surface area contributed by atoms with E-state index in [1.807, 2.05) is 52.0 Å². The number of methoxy groups -OCH3 is 3. The summed E-state index contributed by atoms with van der Waals surface area (Å²) in [5, 5.41) is 16.4. The minimum atomic E-state index is -0.820. The number of cyclic esters (lactones) is 1. The molecule has 5 fully saturated rings. The number of aliphatic hydroxyl groups is 1. The van der Waals surface area contributed by atoms with Crippen molar-refractivity contribution in [2.24, 2.45) is 35.5 Å². The highest BCUT2D eigenvalue weighted by atomic mass is 16.7. The van der Waals surface area contributed by atoms with Gasteiger partial charge in [-0.2, -0.15) is 0 Å². The predicted molar refractivity (Wildman–Crippen MR) is 236 cm³/mol. The van der Waals surface area contributed by atoms with Gasteiger partial charge < -0.3 is 58.0 Å². The Morgan fingerprint density at radius 1 is 0.841 bits per heavy atom. The maximum absolute atomic E-state index is 15.2. The second-order valence-electron chi connectivity index (χ2n) is 19.2. The van der Waals surface area contributed by atoms with Crippen molar-refractivity contribution in [1.29, 1.82) is 0 Å². The number of allylic oxidation sites excluding steroid dienone is 2. The van der Waals surface area contributed by atoms with E-state index in [0.717, 1.165) is 30.7 Å². The number of anilines is 1. The summed E-state index contributed by atoms with van der Waals surface area (Å²) in [6.07, 6.45) is 3.36. The van der Waals surface area contributed by atoms with Gasteiger partial charge in [0.2, 0.25) is 0 Å². The van der Waals surface area contributed by atoms with E-state index < -0.39 is 48.8 Å². The number of fused-ring (bicyclic) bond motifs is 5. The van der Waals surface area contributed by atoms with Crippen molar-refractivity contribution < 1.29 is 57.3 Å². The molecule has 14 nitrogen and oxygen atoms in total. The number of aliphatic hydroxyl groups excluding tert-OH is 1. The number of nitrogens with zero attached hydrogens (tertiary/aromatic N) is 1. The molecule has 1 aromatic rings. The molecule has 3 saturated heterocycles. The minimum absolute atomic E-state index is 0.0135. The van der Waals surface area contributed by atoms with Gasteiger partial charge in [-0.05, 0) is 140 Å². The number of hydrogen-bond donors (Lipinski definition) is 2. The van der Waals surface area contributed by atoms with E-state index in [1.54, 1.807) is 21.3 Å². The Kier molecular flexibility index (Phi) is 16.3. The molecule has 0 bridgehead atoms. The Bertz CT molecular complexity index is 1690. The molecule has 2 N–H and O–H groups in total. The summed E-state index contributed by atoms with van der Waals surface area (Å²) in [6.45, 7) is 10.6. The maximum atomic E-state index is 15.2. The number of carbonyl (C=O) groups excluding carboxylic acids is 2. The summed E-state index contributed by atoms with van der Waals surface area (Å²) in [7, 11) is 9.05. The van der Waals surface area contributed by atoms with Crippen LogP contribution in [0, 0.1) is 35.5 Å². The fourth-order valence-corrected chi connectivity index (χ4v) is 12.2. The molecule has 2 saturated carbocycles. The molecule has 1 aromatic carbocycles. The van der Waals surface area contributed by atoms with E-state index in [2.05, 4.69) is 37.3 Å². The van der Waals surface area contributed by atoms with Crippen LogP contribution in [-0.4, -0.2) is 143 Å². The lowest BCUT2D eigenvalue weighted by atomic mass is 9.62. The van der Waals surface area contributed by atoms with Crippen LogP contribution in [0.4, 0.5) is 5.69 Å². The Hall–Kier alpha value is -2.66. The molecule has 0 spiro atoms. The Labute approximate surface area is 375 Å². The van der Waals surface area contributed by atoms with Gasteiger partial charge in [0.05, 0.1) is 49.6 Å². The maximum Gasteiger partial charge on any atom is 0.306 e. The zero-order valence-electron chi connectivity index (χ0n) is 39.3. The number of esters is 1. The Morgan fingerprint density at radius 3 is 2.21 bits per heavy atom. The number of carbonyl (C=O) groups is 2. The van der Waals surface area contributed by atoms with Crippen LogP contribution in [0.3, 0.4) is 0 Å². The highest BCUT2D eigenvalue weighted by molar-refractivity contribution is 5.99. The normalized spacial score (nSPS) is 42.3. The number of nitrogens with one attached hydrogen (secondary N) is 1. The summed E-state index contributed by atoms with van der Waals surface area (Å²) in [4.78, 5) is 31.5. The molecular weight excluding hydrogens is 809 g/mol. The average Bonchev–Trinajstić information content (AvgIpc) is 3.85. The zero-order chi connectivity index (χ0) is 45.1. The van der Waals surface area contributed by atoms with Crippen molar-refractivity contribution in [3.8, 4) is 5.75 Å². The van der Waals surface area contributed by atoms with Crippen LogP contribution in [0.25, 0.3) is 0 Å². The topological polar surface area (TPSA) is 153 Å². The third-order valence-corrected chi connectivity index (χ3v) is 15.4. The van der Waals surface area contributed by atoms with Crippen LogP contribution in [0.2, 0.25) is 0 Å². The number of likely N-dealkylation sites (N-methyl/N-ethyl adjacent to an activating group) is 1. The van der Waals surface area contributed by atoms with Gasteiger partial charge in [-0.3, -0.25) is 9.59 Å². The smallest absolute Gasteiger partial charge is 0.306 e. The summed E-state index contributed by atoms with van der Waals surface area (Å²) < 4.78 is 56.0. The predicted octanol–water partition coefficient (Wildman–Crippen LogP) is 6.17. The average molecular weight is 885 g/mol. The number of hydrogen-bond acceptors (Lipinski definition) is 14. The van der Waals surface area contributed by atoms with E-state index >= 15 is 4.79 Å². The molecule has 3 heterocycles. The molecular formula is C49H76N2O12. The SMILES string of the molecule is CCOc1ccc(N[C@H]2[C@H](O)[C@@H]3C[C@@H](O[C@@H]4OC(C)[C@H](OC)C(OC)C4OC)C[C@H]3[C@@H]3C=C4C(=O)[C@H](C)[C@@H](O[C@H]5CC[C@H](N(C)C)C(C)O5)CCC[C@H](CC)OC(=O)C[C@H]4[C@@H]32)cc1. The molecule has 354 valence electrons. The third-order valence-electron chi connectivity index (χ3n) is 15.4. The molecule has 6 aliphatic rings. The molecule has 4 unspecified atom stereocenters. The van der Waals surface area contributed by atoms with E-state index in [4.69, 9.17) is 42.6 Å². The molecule has 0 radical (unpaired) electrons. The van der Waals surface area contributed by atoms with Crippen molar-refractivity contribution in [1.82, 2.24) is 4.90 Å². The van der Waals surface area contributed by atoms with Crippen LogP contribution in [0.1, 0.15) is 92.4 Å². The lowest BCUT2D eigenvalue weighted by Gasteiger charge is -2.47. The quantitative estimate of drug-likeness (QED) is 0.217. The van der Waals surface area contributed by atoms with Crippen molar-refractivity contribution in [3.63, 3.8) is 0 Å². The zero-order valence-corrected chi connectivity index (χ0v) is 39.3. The standard InChI is InChI=1S/C49H76N2O12/c1-11-30-14-13-15-39(63-41-21-20-38(51(6)7)27(4)59-41)26(3)44(53)37-24-34-33-22-32(62-49-48(57-10)47(56-9)46(55-8)28(5)60-49)23-36(33)45(54)43(42(34)35(37)25-40(52)61-30)50-29-16-18-31(19-17-29)58-12-2/h16-19,24,26-28,30,32-36,38-39,41-43,45-50,54H,11-15,20-23,25H2,1-10H3/t26-,27?,28?,30+,32+,33+,34+,35-,36-,38+,39+,41+,42-,43-,45-,46+,47?,48?,49+/m1/s1. The van der Waals surface area contributed by atoms with Crippen molar-refractivity contribution in [3.05, 3.63) is 35.9 Å². The van der Waals surface area contributed by atoms with Gasteiger partial charge in [0.25, 0.3) is 0 Å². The Morgan fingerprint density at radius 2 is 1.56 bits per heavy atom. The van der Waals surface area contributed by atoms with Gasteiger partial charge in [0.15, 0.2) is 18.4 Å². The number of Topliss-reactive ketones (excluding diaryl/α,β-unsaturated/α-hetero) is 1. The van der Waals surface area contributed by atoms with Crippen LogP contribution in [0.15, 0.2) is 35.9 Å². The highest BCUT2D eigenvalue weighted by Gasteiger charge is 2.60. The molecule has 63 heavy (non-hydrogen) atoms. The van der Waals surface area contributed by atoms with Crippen LogP contribution in [-0.2, 0) is 47.5 Å². The van der Waals surface area contributed by atoms with Gasteiger partial charge in [-0.25, -0.2) is 0 Å². The number of ketones is 1. The van der Waals surface area contributed by atoms with Crippen molar-refractivity contribution in [2.45, 2.75) is 172 Å². The lowest BCUT2D eigenvalue weighted by molar-refractivity contribution is -0.314. The number of rotatable bonds is 13. The summed E-state index contributed by atoms with van der Waals surface area (Å²) in [5.41, 5.74) is 1.45.